The summed E-state index contributed by atoms with van der Waals surface area (Å²) in [5.41, 5.74) is 13.9. The van der Waals surface area contributed by atoms with Crippen LogP contribution in [0.25, 0.3) is 72.6 Å². The van der Waals surface area contributed by atoms with Gasteiger partial charge >= 0.3 is 120 Å². The van der Waals surface area contributed by atoms with E-state index in [2.05, 4.69) is 131 Å². The number of aromatic nitrogens is 4. The fourth-order valence-corrected chi connectivity index (χ4v) is 9.47. The summed E-state index contributed by atoms with van der Waals surface area (Å²) in [5, 5.41) is 2.01. The number of aryl methyl sites for hydroxylation is 3. The van der Waals surface area contributed by atoms with E-state index < -0.39 is 19.2 Å². The fourth-order valence-electron chi connectivity index (χ4n) is 7.30. The second-order valence-electron chi connectivity index (χ2n) is 15.8. The van der Waals surface area contributed by atoms with E-state index in [0.29, 0.717) is 5.71 Å². The topological polar surface area (TPSA) is 56.7 Å². The fraction of sp³-hybridized carbons (Fsp3) is 0.180. The first-order valence-corrected chi connectivity index (χ1v) is 26.5. The Labute approximate surface area is 353 Å². The molecule has 0 fully saturated rings. The number of imidazole rings is 1. The number of hydrogen-bond acceptors (Lipinski definition) is 4. The molecule has 0 saturated carbocycles. The molecule has 57 heavy (non-hydrogen) atoms. The zero-order chi connectivity index (χ0) is 40.1. The van der Waals surface area contributed by atoms with Crippen LogP contribution < -0.4 is 4.40 Å². The molecule has 4 heterocycles. The van der Waals surface area contributed by atoms with Crippen molar-refractivity contribution in [2.24, 2.45) is 0 Å². The van der Waals surface area contributed by atoms with Crippen LogP contribution >= 0.6 is 0 Å². The number of hydrogen-bond donors (Lipinski definition) is 0. The first kappa shape index (κ1) is 38.7. The number of rotatable bonds is 6. The number of furan rings is 1. The molecule has 0 bridgehead atoms. The van der Waals surface area contributed by atoms with Crippen molar-refractivity contribution in [3.05, 3.63) is 162 Å². The van der Waals surface area contributed by atoms with E-state index in [4.69, 9.17) is 10.8 Å². The largest absolute Gasteiger partial charge is 0 e. The van der Waals surface area contributed by atoms with E-state index in [-0.39, 0.29) is 20.1 Å². The Morgan fingerprint density at radius 3 is 2.16 bits per heavy atom. The summed E-state index contributed by atoms with van der Waals surface area (Å²) in [7, 11) is 0. The van der Waals surface area contributed by atoms with Crippen molar-refractivity contribution >= 4 is 50.8 Å². The van der Waals surface area contributed by atoms with Crippen molar-refractivity contribution in [3.63, 3.8) is 0 Å². The normalized spacial score (nSPS) is 12.0. The summed E-state index contributed by atoms with van der Waals surface area (Å²) >= 11 is -1.78. The van der Waals surface area contributed by atoms with E-state index in [9.17, 15) is 0 Å². The van der Waals surface area contributed by atoms with E-state index >= 15 is 0 Å². The van der Waals surface area contributed by atoms with Gasteiger partial charge in [-0.2, -0.15) is 0 Å². The van der Waals surface area contributed by atoms with Crippen molar-refractivity contribution in [3.8, 4) is 39.5 Å². The molecule has 0 atom stereocenters. The maximum Gasteiger partial charge on any atom is 0 e. The molecular weight excluding hydrogens is 937 g/mol. The van der Waals surface area contributed by atoms with E-state index in [1.165, 1.54) is 26.6 Å². The van der Waals surface area contributed by atoms with Gasteiger partial charge in [0.05, 0.1) is 22.4 Å². The van der Waals surface area contributed by atoms with Gasteiger partial charge in [0, 0.05) is 36.9 Å². The van der Waals surface area contributed by atoms with Gasteiger partial charge in [-0.1, -0.05) is 53.4 Å². The predicted octanol–water partition coefficient (Wildman–Crippen LogP) is 12.6. The van der Waals surface area contributed by atoms with E-state index in [0.717, 1.165) is 67.0 Å². The summed E-state index contributed by atoms with van der Waals surface area (Å²) in [6.07, 6.45) is 2.02. The van der Waals surface area contributed by atoms with Crippen molar-refractivity contribution in [1.29, 1.82) is 0 Å². The SMILES string of the molecule is Cc1ccc2c(n1)oc1c(-c3nc4ccccc4n3-c3c(C)cc(-c4ccccc4)cc3C)[c-]ccc12.[2H]C(C)(C)c1c[c-]c(-c2cc[c]([Ge]([CH3])([CH3])[CH3])cn2)cc1.[Ir]. The Kier molecular flexibility index (Phi) is 11.1. The van der Waals surface area contributed by atoms with Gasteiger partial charge in [-0.3, -0.25) is 4.98 Å². The van der Waals surface area contributed by atoms with Crippen LogP contribution in [0.2, 0.25) is 17.3 Å². The Bertz CT molecular complexity index is 2810. The molecular formula is C50H46GeIrN4O-2. The van der Waals surface area contributed by atoms with Gasteiger partial charge in [0.1, 0.15) is 0 Å². The molecule has 4 aromatic heterocycles. The Balaban J connectivity index is 0.000000208. The monoisotopic (exact) mass is 986 g/mol. The molecule has 5 nitrogen and oxygen atoms in total. The number of nitrogens with zero attached hydrogens (tertiary/aromatic N) is 4. The second-order valence-corrected chi connectivity index (χ2v) is 26.4. The first-order valence-electron chi connectivity index (χ1n) is 19.6. The number of fused-ring (bicyclic) bond motifs is 4. The van der Waals surface area contributed by atoms with Crippen molar-refractivity contribution in [1.82, 2.24) is 19.5 Å². The molecule has 9 rings (SSSR count). The van der Waals surface area contributed by atoms with Crippen molar-refractivity contribution < 1.29 is 25.9 Å². The van der Waals surface area contributed by atoms with Crippen molar-refractivity contribution in [2.45, 2.75) is 57.8 Å². The molecule has 0 aliphatic rings. The minimum atomic E-state index is -1.78. The standard InChI is InChI=1S/C33H24N3O.C17H22GeN.Ir/c1-20-18-24(23-10-5-4-6-11-23)19-21(2)30(20)36-29-15-8-7-14-28(29)35-32(36)27-13-9-12-25-26-17-16-22(3)34-33(26)37-31(25)27;1-13(2)14-6-8-15(9-7-14)17-11-10-16(12-19-17)18(3,4)5;/h4-12,14-19H,1-3H3;6-8,10-13H,1-5H3;/q2*-1;/i;13D;. The predicted molar refractivity (Wildman–Crippen MR) is 236 cm³/mol. The van der Waals surface area contributed by atoms with Crippen LogP contribution in [0.1, 0.15) is 43.5 Å². The molecule has 0 spiro atoms. The maximum absolute atomic E-state index is 8.02. The third-order valence-corrected chi connectivity index (χ3v) is 14.6. The van der Waals surface area contributed by atoms with Gasteiger partial charge in [-0.05, 0) is 79.4 Å². The Morgan fingerprint density at radius 1 is 0.754 bits per heavy atom. The first-order chi connectivity index (χ1) is 27.3. The summed E-state index contributed by atoms with van der Waals surface area (Å²) < 4.78 is 18.0. The van der Waals surface area contributed by atoms with Gasteiger partial charge in [0.25, 0.3) is 0 Å². The van der Waals surface area contributed by atoms with Crippen LogP contribution in [0.4, 0.5) is 0 Å². The average Bonchev–Trinajstić information content (AvgIpc) is 3.76. The van der Waals surface area contributed by atoms with E-state index in [1.54, 1.807) is 0 Å². The van der Waals surface area contributed by atoms with Gasteiger partial charge in [0.15, 0.2) is 0 Å². The molecule has 0 aliphatic carbocycles. The molecule has 5 aromatic carbocycles. The molecule has 0 amide bonds. The summed E-state index contributed by atoms with van der Waals surface area (Å²) in [4.78, 5) is 14.3. The quantitative estimate of drug-likeness (QED) is 0.123. The van der Waals surface area contributed by atoms with Crippen LogP contribution in [0.15, 0.2) is 132 Å². The number of para-hydroxylation sites is 2. The van der Waals surface area contributed by atoms with Crippen molar-refractivity contribution in [2.75, 3.05) is 0 Å². The molecule has 0 saturated heterocycles. The molecule has 0 unspecified atom stereocenters. The van der Waals surface area contributed by atoms with Gasteiger partial charge in [-0.25, -0.2) is 4.98 Å². The number of pyridine rings is 2. The Morgan fingerprint density at radius 2 is 1.49 bits per heavy atom. The minimum absolute atomic E-state index is 0. The zero-order valence-corrected chi connectivity index (χ0v) is 38.1. The van der Waals surface area contributed by atoms with E-state index in [1.807, 2.05) is 75.5 Å². The third kappa shape index (κ3) is 8.04. The number of benzene rings is 5. The van der Waals surface area contributed by atoms with Crippen LogP contribution in [-0.4, -0.2) is 32.8 Å². The van der Waals surface area contributed by atoms with Gasteiger partial charge in [0.2, 0.25) is 5.71 Å². The summed E-state index contributed by atoms with van der Waals surface area (Å²) in [6.45, 7) is 10.1. The molecule has 7 heteroatoms. The average molecular weight is 985 g/mol. The molecule has 9 aromatic rings. The molecule has 0 N–H and O–H groups in total. The van der Waals surface area contributed by atoms with Gasteiger partial charge in [-0.15, -0.1) is 18.2 Å². The molecule has 0 aliphatic heterocycles. The van der Waals surface area contributed by atoms with Crippen LogP contribution in [0, 0.1) is 32.9 Å². The third-order valence-electron chi connectivity index (χ3n) is 10.3. The molecule has 287 valence electrons. The second kappa shape index (κ2) is 16.4. The smallest absolute Gasteiger partial charge is 0 e. The molecule has 1 radical (unpaired) electrons. The minimum Gasteiger partial charge on any atom is 0 e. The summed E-state index contributed by atoms with van der Waals surface area (Å²) in [6, 6.07) is 48.3. The van der Waals surface area contributed by atoms with Crippen LogP contribution in [0.3, 0.4) is 0 Å². The van der Waals surface area contributed by atoms with Crippen LogP contribution in [0.5, 0.6) is 0 Å². The van der Waals surface area contributed by atoms with Crippen LogP contribution in [-0.2, 0) is 20.1 Å². The van der Waals surface area contributed by atoms with Gasteiger partial charge < -0.3 is 8.98 Å². The Hall–Kier alpha value is -5.14. The maximum atomic E-state index is 8.02. The summed E-state index contributed by atoms with van der Waals surface area (Å²) in [5.74, 6) is 7.34. The zero-order valence-electron chi connectivity index (χ0n) is 34.7.